The fourth-order valence-corrected chi connectivity index (χ4v) is 2.18. The van der Waals surface area contributed by atoms with Crippen LogP contribution in [0.5, 0.6) is 0 Å². The Morgan fingerprint density at radius 1 is 1.47 bits per heavy atom. The number of halogens is 1. The van der Waals surface area contributed by atoms with Crippen LogP contribution in [-0.4, -0.2) is 43.9 Å². The molecule has 1 aromatic rings. The molecule has 19 heavy (non-hydrogen) atoms. The van der Waals surface area contributed by atoms with Gasteiger partial charge in [-0.25, -0.2) is 4.39 Å². The van der Waals surface area contributed by atoms with Gasteiger partial charge in [-0.1, -0.05) is 6.07 Å². The highest BCUT2D eigenvalue weighted by atomic mass is 19.1. The predicted octanol–water partition coefficient (Wildman–Crippen LogP) is 0.789. The number of benzene rings is 1. The molecule has 0 aliphatic carbocycles. The van der Waals surface area contributed by atoms with Gasteiger partial charge in [0.15, 0.2) is 0 Å². The standard InChI is InChI=1S/C13H17FN2O3/c14-11-7-9(10(8-15)13(17)18)1-2-12(11)16-3-5-19-6-4-16/h1-2,7,10H,3-6,8,15H2,(H,17,18). The molecule has 0 radical (unpaired) electrons. The number of carboxylic acids is 1. The fraction of sp³-hybridized carbons (Fsp3) is 0.462. The van der Waals surface area contributed by atoms with Crippen LogP contribution in [0.15, 0.2) is 18.2 Å². The molecule has 1 atom stereocenters. The lowest BCUT2D eigenvalue weighted by molar-refractivity contribution is -0.138. The second-order valence-electron chi connectivity index (χ2n) is 4.44. The Balaban J connectivity index is 2.23. The summed E-state index contributed by atoms with van der Waals surface area (Å²) in [6.07, 6.45) is 0. The molecule has 1 fully saturated rings. The number of carboxylic acid groups (broad SMARTS) is 1. The first-order valence-corrected chi connectivity index (χ1v) is 6.18. The molecule has 0 spiro atoms. The lowest BCUT2D eigenvalue weighted by Crippen LogP contribution is -2.36. The number of anilines is 1. The summed E-state index contributed by atoms with van der Waals surface area (Å²) in [6.45, 7) is 2.36. The summed E-state index contributed by atoms with van der Waals surface area (Å²) >= 11 is 0. The minimum absolute atomic E-state index is 0.0499. The highest BCUT2D eigenvalue weighted by Crippen LogP contribution is 2.25. The second-order valence-corrected chi connectivity index (χ2v) is 4.44. The van der Waals surface area contributed by atoms with Crippen molar-refractivity contribution >= 4 is 11.7 Å². The van der Waals surface area contributed by atoms with Gasteiger partial charge in [0, 0.05) is 19.6 Å². The molecular weight excluding hydrogens is 251 g/mol. The summed E-state index contributed by atoms with van der Waals surface area (Å²) in [5.74, 6) is -2.33. The summed E-state index contributed by atoms with van der Waals surface area (Å²) in [6, 6.07) is 4.50. The van der Waals surface area contributed by atoms with E-state index in [2.05, 4.69) is 0 Å². The van der Waals surface area contributed by atoms with Crippen molar-refractivity contribution in [1.29, 1.82) is 0 Å². The van der Waals surface area contributed by atoms with E-state index in [4.69, 9.17) is 15.6 Å². The maximum absolute atomic E-state index is 14.1. The largest absolute Gasteiger partial charge is 0.481 e. The van der Waals surface area contributed by atoms with E-state index in [1.807, 2.05) is 4.90 Å². The third-order valence-corrected chi connectivity index (χ3v) is 3.26. The summed E-state index contributed by atoms with van der Waals surface area (Å²) < 4.78 is 19.3. The Hall–Kier alpha value is -1.66. The number of carbonyl (C=O) groups is 1. The van der Waals surface area contributed by atoms with E-state index in [0.717, 1.165) is 0 Å². The van der Waals surface area contributed by atoms with Gasteiger partial charge < -0.3 is 20.5 Å². The molecule has 1 aromatic carbocycles. The van der Waals surface area contributed by atoms with Crippen LogP contribution in [0.4, 0.5) is 10.1 Å². The minimum Gasteiger partial charge on any atom is -0.481 e. The first kappa shape index (κ1) is 13.8. The van der Waals surface area contributed by atoms with Gasteiger partial charge in [-0.15, -0.1) is 0 Å². The van der Waals surface area contributed by atoms with Crippen LogP contribution in [-0.2, 0) is 9.53 Å². The Bertz CT molecular complexity index is 461. The molecule has 5 nitrogen and oxygen atoms in total. The number of nitrogens with two attached hydrogens (primary N) is 1. The maximum Gasteiger partial charge on any atom is 0.312 e. The van der Waals surface area contributed by atoms with E-state index >= 15 is 0 Å². The summed E-state index contributed by atoms with van der Waals surface area (Å²) in [5.41, 5.74) is 6.28. The lowest BCUT2D eigenvalue weighted by atomic mass is 9.99. The molecule has 2 rings (SSSR count). The molecule has 0 saturated carbocycles. The third kappa shape index (κ3) is 3.02. The molecule has 1 saturated heterocycles. The first-order valence-electron chi connectivity index (χ1n) is 6.18. The molecule has 0 aromatic heterocycles. The summed E-state index contributed by atoms with van der Waals surface area (Å²) in [5, 5.41) is 9.01. The molecule has 6 heteroatoms. The number of hydrogen-bond donors (Lipinski definition) is 2. The van der Waals surface area contributed by atoms with E-state index in [1.165, 1.54) is 6.07 Å². The van der Waals surface area contributed by atoms with Crippen molar-refractivity contribution in [3.05, 3.63) is 29.6 Å². The number of nitrogens with zero attached hydrogens (tertiary/aromatic N) is 1. The topological polar surface area (TPSA) is 75.8 Å². The monoisotopic (exact) mass is 268 g/mol. The zero-order valence-electron chi connectivity index (χ0n) is 10.5. The van der Waals surface area contributed by atoms with Gasteiger partial charge in [0.25, 0.3) is 0 Å². The molecule has 1 aliphatic heterocycles. The number of aliphatic carboxylic acids is 1. The van der Waals surface area contributed by atoms with Crippen molar-refractivity contribution in [1.82, 2.24) is 0 Å². The van der Waals surface area contributed by atoms with Crippen molar-refractivity contribution in [3.8, 4) is 0 Å². The van der Waals surface area contributed by atoms with Gasteiger partial charge >= 0.3 is 5.97 Å². The minimum atomic E-state index is -1.04. The second kappa shape index (κ2) is 5.99. The smallest absolute Gasteiger partial charge is 0.312 e. The van der Waals surface area contributed by atoms with Crippen molar-refractivity contribution in [2.45, 2.75) is 5.92 Å². The van der Waals surface area contributed by atoms with Crippen molar-refractivity contribution in [2.75, 3.05) is 37.7 Å². The van der Waals surface area contributed by atoms with Crippen LogP contribution in [0.2, 0.25) is 0 Å². The van der Waals surface area contributed by atoms with E-state index < -0.39 is 17.7 Å². The molecular formula is C13H17FN2O3. The van der Waals surface area contributed by atoms with Crippen LogP contribution in [0.1, 0.15) is 11.5 Å². The van der Waals surface area contributed by atoms with Crippen LogP contribution in [0.3, 0.4) is 0 Å². The predicted molar refractivity (Wildman–Crippen MR) is 68.9 cm³/mol. The SMILES string of the molecule is NCC(C(=O)O)c1ccc(N2CCOCC2)c(F)c1. The zero-order chi connectivity index (χ0) is 13.8. The fourth-order valence-electron chi connectivity index (χ4n) is 2.18. The van der Waals surface area contributed by atoms with Gasteiger partial charge in [0.05, 0.1) is 24.8 Å². The van der Waals surface area contributed by atoms with Crippen LogP contribution in [0, 0.1) is 5.82 Å². The Labute approximate surface area is 110 Å². The van der Waals surface area contributed by atoms with Gasteiger partial charge in [-0.2, -0.15) is 0 Å². The normalized spacial score (nSPS) is 17.3. The molecule has 0 amide bonds. The molecule has 104 valence electrons. The number of rotatable bonds is 4. The maximum atomic E-state index is 14.1. The Morgan fingerprint density at radius 3 is 2.68 bits per heavy atom. The van der Waals surface area contributed by atoms with Crippen molar-refractivity contribution in [2.24, 2.45) is 5.73 Å². The van der Waals surface area contributed by atoms with Crippen molar-refractivity contribution < 1.29 is 19.0 Å². The summed E-state index contributed by atoms with van der Waals surface area (Å²) in [7, 11) is 0. The zero-order valence-corrected chi connectivity index (χ0v) is 10.5. The molecule has 1 unspecified atom stereocenters. The summed E-state index contributed by atoms with van der Waals surface area (Å²) in [4.78, 5) is 12.9. The average molecular weight is 268 g/mol. The number of hydrogen-bond acceptors (Lipinski definition) is 4. The van der Waals surface area contributed by atoms with E-state index in [9.17, 15) is 9.18 Å². The third-order valence-electron chi connectivity index (χ3n) is 3.26. The van der Waals surface area contributed by atoms with Crippen LogP contribution < -0.4 is 10.6 Å². The molecule has 1 aliphatic rings. The number of morpholine rings is 1. The Kier molecular flexibility index (Phi) is 4.34. The van der Waals surface area contributed by atoms with E-state index in [0.29, 0.717) is 37.6 Å². The highest BCUT2D eigenvalue weighted by molar-refractivity contribution is 5.76. The lowest BCUT2D eigenvalue weighted by Gasteiger charge is -2.29. The van der Waals surface area contributed by atoms with Gasteiger partial charge in [0.1, 0.15) is 5.82 Å². The van der Waals surface area contributed by atoms with Gasteiger partial charge in [-0.3, -0.25) is 4.79 Å². The molecule has 1 heterocycles. The number of ether oxygens (including phenoxy) is 1. The van der Waals surface area contributed by atoms with E-state index in [1.54, 1.807) is 12.1 Å². The Morgan fingerprint density at radius 2 is 2.16 bits per heavy atom. The van der Waals surface area contributed by atoms with E-state index in [-0.39, 0.29) is 6.54 Å². The van der Waals surface area contributed by atoms with Crippen molar-refractivity contribution in [3.63, 3.8) is 0 Å². The van der Waals surface area contributed by atoms with Gasteiger partial charge in [0.2, 0.25) is 0 Å². The first-order chi connectivity index (χ1) is 9.13. The average Bonchev–Trinajstić information content (AvgIpc) is 2.40. The highest BCUT2D eigenvalue weighted by Gasteiger charge is 2.21. The molecule has 3 N–H and O–H groups in total. The molecule has 0 bridgehead atoms. The van der Waals surface area contributed by atoms with Gasteiger partial charge in [-0.05, 0) is 17.7 Å². The van der Waals surface area contributed by atoms with Crippen LogP contribution >= 0.6 is 0 Å². The quantitative estimate of drug-likeness (QED) is 0.844. The van der Waals surface area contributed by atoms with Crippen LogP contribution in [0.25, 0.3) is 0 Å².